The van der Waals surface area contributed by atoms with Crippen LogP contribution in [0.1, 0.15) is 60.4 Å². The van der Waals surface area contributed by atoms with E-state index >= 15 is 0 Å². The summed E-state index contributed by atoms with van der Waals surface area (Å²) in [6.45, 7) is 7.16. The van der Waals surface area contributed by atoms with Crippen molar-refractivity contribution in [2.45, 2.75) is 58.9 Å². The largest absolute Gasteiger partial charge is 0.497 e. The molecule has 1 aromatic carbocycles. The molecule has 8 heteroatoms. The first-order chi connectivity index (χ1) is 16.0. The summed E-state index contributed by atoms with van der Waals surface area (Å²) in [5.74, 6) is 1.49. The van der Waals surface area contributed by atoms with Gasteiger partial charge in [-0.2, -0.15) is 0 Å². The molecule has 7 nitrogen and oxygen atoms in total. The molecule has 2 unspecified atom stereocenters. The molecule has 4 rings (SSSR count). The number of nitrogens with one attached hydrogen (secondary N) is 1. The number of ether oxygens (including phenoxy) is 3. The van der Waals surface area contributed by atoms with Gasteiger partial charge in [-0.05, 0) is 63.4 Å². The summed E-state index contributed by atoms with van der Waals surface area (Å²) in [6, 6.07) is 9.55. The molecular formula is C25H31N3O4S. The molecule has 1 amide bonds. The van der Waals surface area contributed by atoms with E-state index in [1.807, 2.05) is 49.6 Å². The van der Waals surface area contributed by atoms with Crippen molar-refractivity contribution in [3.8, 4) is 22.9 Å². The van der Waals surface area contributed by atoms with Gasteiger partial charge in [-0.3, -0.25) is 4.79 Å². The second-order valence-corrected chi connectivity index (χ2v) is 9.18. The molecule has 1 aliphatic rings. The molecular weight excluding hydrogens is 438 g/mol. The van der Waals surface area contributed by atoms with Crippen LogP contribution >= 0.6 is 11.3 Å². The van der Waals surface area contributed by atoms with Gasteiger partial charge in [-0.1, -0.05) is 6.92 Å². The quantitative estimate of drug-likeness (QED) is 0.458. The van der Waals surface area contributed by atoms with Gasteiger partial charge in [-0.15, -0.1) is 11.3 Å². The fraction of sp³-hybridized carbons (Fsp3) is 0.440. The molecule has 0 aliphatic carbocycles. The number of rotatable bonds is 9. The normalized spacial score (nSPS) is 16.5. The minimum absolute atomic E-state index is 0.0573. The maximum atomic E-state index is 12.9. The number of carbonyl (C=O) groups excluding carboxylic acids is 1. The van der Waals surface area contributed by atoms with E-state index in [-0.39, 0.29) is 18.2 Å². The van der Waals surface area contributed by atoms with E-state index in [0.717, 1.165) is 59.5 Å². The molecule has 0 bridgehead atoms. The van der Waals surface area contributed by atoms with E-state index in [2.05, 4.69) is 16.8 Å². The van der Waals surface area contributed by atoms with E-state index < -0.39 is 0 Å². The Bertz CT molecular complexity index is 1080. The number of thiazole rings is 1. The van der Waals surface area contributed by atoms with Crippen molar-refractivity contribution in [1.29, 1.82) is 0 Å². The summed E-state index contributed by atoms with van der Waals surface area (Å²) < 4.78 is 19.2. The maximum Gasteiger partial charge on any atom is 0.253 e. The number of benzene rings is 1. The van der Waals surface area contributed by atoms with Crippen molar-refractivity contribution in [2.24, 2.45) is 0 Å². The first kappa shape index (κ1) is 23.3. The Morgan fingerprint density at radius 2 is 2.09 bits per heavy atom. The second-order valence-electron chi connectivity index (χ2n) is 8.24. The number of hydrogen-bond donors (Lipinski definition) is 1. The van der Waals surface area contributed by atoms with Gasteiger partial charge in [0.2, 0.25) is 0 Å². The third-order valence-corrected chi connectivity index (χ3v) is 6.78. The average molecular weight is 470 g/mol. The number of carbonyl (C=O) groups is 1. The van der Waals surface area contributed by atoms with Crippen LogP contribution in [0.25, 0.3) is 11.4 Å². The summed E-state index contributed by atoms with van der Waals surface area (Å²) in [5, 5.41) is 5.96. The maximum absolute atomic E-state index is 12.9. The van der Waals surface area contributed by atoms with Gasteiger partial charge >= 0.3 is 0 Å². The van der Waals surface area contributed by atoms with Gasteiger partial charge in [-0.25, -0.2) is 4.98 Å². The molecule has 0 radical (unpaired) electrons. The highest BCUT2D eigenvalue weighted by Gasteiger charge is 2.27. The molecule has 3 heterocycles. The first-order valence-electron chi connectivity index (χ1n) is 11.4. The van der Waals surface area contributed by atoms with Crippen LogP contribution in [0.15, 0.2) is 35.7 Å². The SMILES string of the molecule is CCC(C)NC(=O)c1cc(-c2csc(COc3ccc(OC)cc3)n2)n(C2CCCO2)c1C. The van der Waals surface area contributed by atoms with Crippen LogP contribution in [0.4, 0.5) is 0 Å². The lowest BCUT2D eigenvalue weighted by Crippen LogP contribution is -2.32. The number of amides is 1. The Morgan fingerprint density at radius 3 is 2.76 bits per heavy atom. The van der Waals surface area contributed by atoms with Crippen LogP contribution in [-0.4, -0.2) is 35.2 Å². The minimum atomic E-state index is -0.0779. The zero-order valence-corrected chi connectivity index (χ0v) is 20.4. The number of hydrogen-bond acceptors (Lipinski definition) is 6. The fourth-order valence-corrected chi connectivity index (χ4v) is 4.60. The van der Waals surface area contributed by atoms with Crippen LogP contribution in [0.2, 0.25) is 0 Å². The Morgan fingerprint density at radius 1 is 1.33 bits per heavy atom. The lowest BCUT2D eigenvalue weighted by atomic mass is 10.2. The highest BCUT2D eigenvalue weighted by atomic mass is 32.1. The van der Waals surface area contributed by atoms with Crippen LogP contribution in [0.3, 0.4) is 0 Å². The van der Waals surface area contributed by atoms with Gasteiger partial charge in [0.15, 0.2) is 0 Å². The number of nitrogens with zero attached hydrogens (tertiary/aromatic N) is 2. The third kappa shape index (κ3) is 5.23. The lowest BCUT2D eigenvalue weighted by molar-refractivity contribution is 0.0565. The van der Waals surface area contributed by atoms with Gasteiger partial charge in [0.05, 0.1) is 24.1 Å². The number of methoxy groups -OCH3 is 1. The summed E-state index contributed by atoms with van der Waals surface area (Å²) in [4.78, 5) is 17.8. The predicted molar refractivity (Wildman–Crippen MR) is 129 cm³/mol. The topological polar surface area (TPSA) is 74.6 Å². The van der Waals surface area contributed by atoms with Crippen LogP contribution in [-0.2, 0) is 11.3 Å². The summed E-state index contributed by atoms with van der Waals surface area (Å²) in [6.07, 6.45) is 2.74. The molecule has 2 aromatic heterocycles. The standard InChI is InChI=1S/C25H31N3O4S/c1-5-16(2)26-25(29)20-13-22(28(17(20)3)24-7-6-12-31-24)21-15-33-23(27-21)14-32-19-10-8-18(30-4)9-11-19/h8-11,13,15-16,24H,5-7,12,14H2,1-4H3,(H,26,29). The van der Waals surface area contributed by atoms with Crippen molar-refractivity contribution in [1.82, 2.24) is 14.9 Å². The van der Waals surface area contributed by atoms with Gasteiger partial charge in [0.1, 0.15) is 29.3 Å². The van der Waals surface area contributed by atoms with Crippen molar-refractivity contribution in [3.05, 3.63) is 52.0 Å². The molecule has 1 N–H and O–H groups in total. The van der Waals surface area contributed by atoms with Crippen molar-refractivity contribution in [2.75, 3.05) is 13.7 Å². The monoisotopic (exact) mass is 469 g/mol. The van der Waals surface area contributed by atoms with Gasteiger partial charge in [0, 0.05) is 23.7 Å². The highest BCUT2D eigenvalue weighted by molar-refractivity contribution is 7.09. The van der Waals surface area contributed by atoms with Gasteiger partial charge < -0.3 is 24.1 Å². The second kappa shape index (κ2) is 10.4. The Kier molecular flexibility index (Phi) is 7.35. The zero-order valence-electron chi connectivity index (χ0n) is 19.6. The molecule has 3 aromatic rings. The van der Waals surface area contributed by atoms with Crippen molar-refractivity contribution in [3.63, 3.8) is 0 Å². The lowest BCUT2D eigenvalue weighted by Gasteiger charge is -2.18. The summed E-state index contributed by atoms with van der Waals surface area (Å²) in [7, 11) is 1.64. The third-order valence-electron chi connectivity index (χ3n) is 5.96. The summed E-state index contributed by atoms with van der Waals surface area (Å²) in [5.41, 5.74) is 3.31. The fourth-order valence-electron chi connectivity index (χ4n) is 3.90. The van der Waals surface area contributed by atoms with Crippen molar-refractivity contribution >= 4 is 17.2 Å². The predicted octanol–water partition coefficient (Wildman–Crippen LogP) is 5.34. The van der Waals surface area contributed by atoms with E-state index in [4.69, 9.17) is 19.2 Å². The Balaban J connectivity index is 1.57. The molecule has 1 fully saturated rings. The van der Waals surface area contributed by atoms with E-state index in [1.54, 1.807) is 18.4 Å². The van der Waals surface area contributed by atoms with Crippen LogP contribution in [0, 0.1) is 6.92 Å². The van der Waals surface area contributed by atoms with Crippen LogP contribution in [0.5, 0.6) is 11.5 Å². The molecule has 33 heavy (non-hydrogen) atoms. The molecule has 0 spiro atoms. The van der Waals surface area contributed by atoms with Crippen molar-refractivity contribution < 1.29 is 19.0 Å². The highest BCUT2D eigenvalue weighted by Crippen LogP contribution is 2.35. The van der Waals surface area contributed by atoms with E-state index in [9.17, 15) is 4.79 Å². The molecule has 1 aliphatic heterocycles. The molecule has 176 valence electrons. The molecule has 0 saturated carbocycles. The van der Waals surface area contributed by atoms with Gasteiger partial charge in [0.25, 0.3) is 5.91 Å². The zero-order chi connectivity index (χ0) is 23.4. The molecule has 2 atom stereocenters. The van der Waals surface area contributed by atoms with Crippen LogP contribution < -0.4 is 14.8 Å². The van der Waals surface area contributed by atoms with E-state index in [0.29, 0.717) is 12.2 Å². The van der Waals surface area contributed by atoms with E-state index in [1.165, 1.54) is 0 Å². The average Bonchev–Trinajstić information content (AvgIpc) is 3.57. The Hall–Kier alpha value is -2.84. The first-order valence-corrected chi connectivity index (χ1v) is 12.2. The minimum Gasteiger partial charge on any atom is -0.497 e. The number of aromatic nitrogens is 2. The molecule has 1 saturated heterocycles. The Labute approximate surface area is 198 Å². The smallest absolute Gasteiger partial charge is 0.253 e. The summed E-state index contributed by atoms with van der Waals surface area (Å²) >= 11 is 1.54.